The van der Waals surface area contributed by atoms with E-state index < -0.39 is 0 Å². The van der Waals surface area contributed by atoms with Crippen LogP contribution in [0.15, 0.2) is 48.5 Å². The van der Waals surface area contributed by atoms with Crippen LogP contribution in [0.2, 0.25) is 0 Å². The van der Waals surface area contributed by atoms with Crippen molar-refractivity contribution >= 4 is 5.57 Å². The first kappa shape index (κ1) is 19.4. The number of benzene rings is 2. The summed E-state index contributed by atoms with van der Waals surface area (Å²) in [6.45, 7) is 2.29. The average Bonchev–Trinajstić information content (AvgIpc) is 2.74. The molecule has 2 aliphatic rings. The van der Waals surface area contributed by atoms with Crippen LogP contribution in [0.3, 0.4) is 0 Å². The molecule has 28 heavy (non-hydrogen) atoms. The molecule has 0 N–H and O–H groups in total. The van der Waals surface area contributed by atoms with Gasteiger partial charge in [-0.2, -0.15) is 0 Å². The van der Waals surface area contributed by atoms with Crippen molar-refractivity contribution in [2.24, 2.45) is 5.92 Å². The fourth-order valence-electron chi connectivity index (χ4n) is 5.13. The Morgan fingerprint density at radius 3 is 2.43 bits per heavy atom. The number of unbranched alkanes of at least 4 members (excludes halogenated alkanes) is 2. The first-order valence-electron chi connectivity index (χ1n) is 11.3. The van der Waals surface area contributed by atoms with E-state index in [0.29, 0.717) is 0 Å². The molecule has 4 rings (SSSR count). The van der Waals surface area contributed by atoms with Crippen LogP contribution in [0.25, 0.3) is 5.57 Å². The molecule has 1 saturated carbocycles. The van der Waals surface area contributed by atoms with Gasteiger partial charge < -0.3 is 0 Å². The Morgan fingerprint density at radius 1 is 0.893 bits per heavy atom. The van der Waals surface area contributed by atoms with Crippen molar-refractivity contribution in [3.63, 3.8) is 0 Å². The van der Waals surface area contributed by atoms with Gasteiger partial charge in [0.05, 0.1) is 0 Å². The number of halogens is 1. The van der Waals surface area contributed by atoms with Gasteiger partial charge in [0.1, 0.15) is 5.82 Å². The minimum atomic E-state index is -0.124. The predicted octanol–water partition coefficient (Wildman–Crippen LogP) is 7.86. The largest absolute Gasteiger partial charge is 0.207 e. The zero-order chi connectivity index (χ0) is 19.3. The molecule has 2 aromatic rings. The summed E-state index contributed by atoms with van der Waals surface area (Å²) in [6, 6.07) is 14.5. The Balaban J connectivity index is 1.35. The van der Waals surface area contributed by atoms with Crippen LogP contribution in [-0.2, 0) is 12.8 Å². The van der Waals surface area contributed by atoms with Gasteiger partial charge in [-0.15, -0.1) is 0 Å². The van der Waals surface area contributed by atoms with Crippen molar-refractivity contribution in [1.29, 1.82) is 0 Å². The lowest BCUT2D eigenvalue weighted by molar-refractivity contribution is 0.303. The van der Waals surface area contributed by atoms with Crippen LogP contribution >= 0.6 is 0 Å². The lowest BCUT2D eigenvalue weighted by Crippen LogP contribution is -2.13. The van der Waals surface area contributed by atoms with E-state index in [1.54, 1.807) is 12.1 Å². The van der Waals surface area contributed by atoms with Crippen LogP contribution in [0, 0.1) is 11.7 Å². The SMILES string of the molecule is CCCCCC1CCC(c2ccc(C3=CCc4ccc(F)cc4C3)cc2)CC1. The van der Waals surface area contributed by atoms with Crippen LogP contribution < -0.4 is 0 Å². The quantitative estimate of drug-likeness (QED) is 0.450. The van der Waals surface area contributed by atoms with E-state index in [9.17, 15) is 4.39 Å². The first-order valence-corrected chi connectivity index (χ1v) is 11.3. The minimum Gasteiger partial charge on any atom is -0.207 e. The number of hydrogen-bond donors (Lipinski definition) is 0. The van der Waals surface area contributed by atoms with E-state index >= 15 is 0 Å². The van der Waals surface area contributed by atoms with Crippen molar-refractivity contribution in [3.8, 4) is 0 Å². The molecule has 2 aromatic carbocycles. The Hall–Kier alpha value is -1.89. The van der Waals surface area contributed by atoms with E-state index in [-0.39, 0.29) is 5.82 Å². The normalized spacial score (nSPS) is 21.9. The minimum absolute atomic E-state index is 0.124. The van der Waals surface area contributed by atoms with Gasteiger partial charge >= 0.3 is 0 Å². The Morgan fingerprint density at radius 2 is 1.68 bits per heavy atom. The molecule has 0 unspecified atom stereocenters. The lowest BCUT2D eigenvalue weighted by Gasteiger charge is -2.29. The van der Waals surface area contributed by atoms with Gasteiger partial charge in [-0.3, -0.25) is 0 Å². The number of hydrogen-bond acceptors (Lipinski definition) is 0. The molecule has 0 bridgehead atoms. The number of allylic oxidation sites excluding steroid dienone is 2. The highest BCUT2D eigenvalue weighted by atomic mass is 19.1. The summed E-state index contributed by atoms with van der Waals surface area (Å²) in [5.41, 5.74) is 6.55. The molecule has 0 spiro atoms. The summed E-state index contributed by atoms with van der Waals surface area (Å²) in [6.07, 6.45) is 15.2. The van der Waals surface area contributed by atoms with E-state index in [1.807, 2.05) is 6.07 Å². The molecule has 0 radical (unpaired) electrons. The highest BCUT2D eigenvalue weighted by Gasteiger charge is 2.22. The fraction of sp³-hybridized carbons (Fsp3) is 0.481. The third-order valence-corrected chi connectivity index (χ3v) is 6.93. The van der Waals surface area contributed by atoms with E-state index in [0.717, 1.165) is 30.2 Å². The molecule has 0 atom stereocenters. The van der Waals surface area contributed by atoms with Crippen LogP contribution in [0.1, 0.15) is 86.5 Å². The molecule has 2 aliphatic carbocycles. The number of fused-ring (bicyclic) bond motifs is 1. The maximum Gasteiger partial charge on any atom is 0.123 e. The second kappa shape index (κ2) is 9.07. The zero-order valence-corrected chi connectivity index (χ0v) is 17.2. The van der Waals surface area contributed by atoms with Gasteiger partial charge in [0.15, 0.2) is 0 Å². The molecule has 0 amide bonds. The molecule has 0 aromatic heterocycles. The second-order valence-corrected chi connectivity index (χ2v) is 8.86. The predicted molar refractivity (Wildman–Crippen MR) is 117 cm³/mol. The molecule has 148 valence electrons. The topological polar surface area (TPSA) is 0 Å². The van der Waals surface area contributed by atoms with Crippen LogP contribution in [-0.4, -0.2) is 0 Å². The van der Waals surface area contributed by atoms with Crippen molar-refractivity contribution in [1.82, 2.24) is 0 Å². The molecule has 1 heteroatoms. The first-order chi connectivity index (χ1) is 13.7. The highest BCUT2D eigenvalue weighted by Crippen LogP contribution is 2.38. The molecule has 0 saturated heterocycles. The fourth-order valence-corrected chi connectivity index (χ4v) is 5.13. The van der Waals surface area contributed by atoms with Crippen molar-refractivity contribution in [2.75, 3.05) is 0 Å². The average molecular weight is 377 g/mol. The summed E-state index contributed by atoms with van der Waals surface area (Å²) in [4.78, 5) is 0. The standard InChI is InChI=1S/C27H33F/c1-2-3-4-5-20-6-8-21(9-7-20)22-10-12-23(13-11-22)25-15-14-24-16-17-27(28)19-26(24)18-25/h10-13,15-17,19-21H,2-9,14,18H2,1H3. The van der Waals surface area contributed by atoms with Gasteiger partial charge in [-0.05, 0) is 90.3 Å². The Bertz CT molecular complexity index is 807. The lowest BCUT2D eigenvalue weighted by atomic mass is 9.76. The monoisotopic (exact) mass is 376 g/mol. The van der Waals surface area contributed by atoms with Gasteiger partial charge in [0, 0.05) is 0 Å². The maximum absolute atomic E-state index is 13.6. The van der Waals surface area contributed by atoms with Gasteiger partial charge in [0.25, 0.3) is 0 Å². The summed E-state index contributed by atoms with van der Waals surface area (Å²) in [5, 5.41) is 0. The summed E-state index contributed by atoms with van der Waals surface area (Å²) in [5.74, 6) is 1.59. The summed E-state index contributed by atoms with van der Waals surface area (Å²) in [7, 11) is 0. The number of rotatable bonds is 6. The van der Waals surface area contributed by atoms with Crippen LogP contribution in [0.5, 0.6) is 0 Å². The molecule has 0 nitrogen and oxygen atoms in total. The smallest absolute Gasteiger partial charge is 0.123 e. The van der Waals surface area contributed by atoms with Crippen molar-refractivity contribution in [2.45, 2.75) is 77.0 Å². The second-order valence-electron chi connectivity index (χ2n) is 8.86. The third-order valence-electron chi connectivity index (χ3n) is 6.93. The zero-order valence-electron chi connectivity index (χ0n) is 17.2. The van der Waals surface area contributed by atoms with Gasteiger partial charge in [-0.25, -0.2) is 4.39 Å². The van der Waals surface area contributed by atoms with Gasteiger partial charge in [0.2, 0.25) is 0 Å². The molecule has 0 heterocycles. The molecular weight excluding hydrogens is 343 g/mol. The van der Waals surface area contributed by atoms with Crippen molar-refractivity contribution in [3.05, 3.63) is 76.6 Å². The summed E-state index contributed by atoms with van der Waals surface area (Å²) >= 11 is 0. The van der Waals surface area contributed by atoms with Crippen LogP contribution in [0.4, 0.5) is 4.39 Å². The molecule has 1 fully saturated rings. The van der Waals surface area contributed by atoms with E-state index in [1.165, 1.54) is 73.6 Å². The van der Waals surface area contributed by atoms with E-state index in [4.69, 9.17) is 0 Å². The summed E-state index contributed by atoms with van der Waals surface area (Å²) < 4.78 is 13.6. The van der Waals surface area contributed by atoms with Crippen molar-refractivity contribution < 1.29 is 4.39 Å². The van der Waals surface area contributed by atoms with Gasteiger partial charge in [-0.1, -0.05) is 69.0 Å². The Labute approximate surface area is 169 Å². The molecular formula is C27H33F. The van der Waals surface area contributed by atoms with E-state index in [2.05, 4.69) is 37.3 Å². The Kier molecular flexibility index (Phi) is 6.29. The molecule has 0 aliphatic heterocycles. The maximum atomic E-state index is 13.6. The highest BCUT2D eigenvalue weighted by molar-refractivity contribution is 5.70. The third kappa shape index (κ3) is 4.57.